The number of hydrogen-bond donors (Lipinski definition) is 2. The third kappa shape index (κ3) is 8.49. The van der Waals surface area contributed by atoms with Crippen LogP contribution in [-0.2, 0) is 6.54 Å². The molecule has 2 rings (SSSR count). The first-order chi connectivity index (χ1) is 12.1. The van der Waals surface area contributed by atoms with Crippen LogP contribution in [0, 0.1) is 13.8 Å². The Morgan fingerprint density at radius 2 is 2.00 bits per heavy atom. The van der Waals surface area contributed by atoms with Crippen molar-refractivity contribution in [3.8, 4) is 0 Å². The molecule has 150 valence electrons. The molecule has 1 aliphatic rings. The molecule has 0 aliphatic carbocycles. The van der Waals surface area contributed by atoms with E-state index in [1.807, 2.05) is 0 Å². The molecule has 1 aromatic heterocycles. The lowest BCUT2D eigenvalue weighted by atomic mass is 10.3. The van der Waals surface area contributed by atoms with Gasteiger partial charge in [-0.25, -0.2) is 9.98 Å². The summed E-state index contributed by atoms with van der Waals surface area (Å²) in [4.78, 5) is 15.4. The van der Waals surface area contributed by atoms with Crippen LogP contribution in [0.2, 0.25) is 0 Å². The molecule has 2 N–H and O–H groups in total. The first kappa shape index (κ1) is 23.6. The molecule has 0 atom stereocenters. The van der Waals surface area contributed by atoms with Gasteiger partial charge in [0.25, 0.3) is 0 Å². The first-order valence-electron chi connectivity index (χ1n) is 9.44. The van der Waals surface area contributed by atoms with E-state index in [2.05, 4.69) is 53.2 Å². The van der Waals surface area contributed by atoms with Gasteiger partial charge < -0.3 is 20.4 Å². The van der Waals surface area contributed by atoms with Gasteiger partial charge >= 0.3 is 0 Å². The summed E-state index contributed by atoms with van der Waals surface area (Å²) in [6, 6.07) is 0. The molecule has 0 radical (unpaired) electrons. The number of rotatable bonds is 7. The average Bonchev–Trinajstić information content (AvgIpc) is 2.77. The average molecular weight is 494 g/mol. The molecule has 26 heavy (non-hydrogen) atoms. The second-order valence-electron chi connectivity index (χ2n) is 6.72. The van der Waals surface area contributed by atoms with Crippen molar-refractivity contribution >= 4 is 41.3 Å². The monoisotopic (exact) mass is 494 g/mol. The molecular weight excluding hydrogens is 459 g/mol. The Kier molecular flexibility index (Phi) is 11.7. The Hall–Kier alpha value is -0.450. The van der Waals surface area contributed by atoms with Gasteiger partial charge in [-0.3, -0.25) is 0 Å². The third-order valence-corrected chi connectivity index (χ3v) is 5.54. The van der Waals surface area contributed by atoms with Gasteiger partial charge in [0.15, 0.2) is 5.96 Å². The molecule has 0 saturated carbocycles. The van der Waals surface area contributed by atoms with Gasteiger partial charge in [-0.15, -0.1) is 35.3 Å². The van der Waals surface area contributed by atoms with Gasteiger partial charge in [-0.1, -0.05) is 0 Å². The molecular formula is C18H35IN6S. The molecule has 1 fully saturated rings. The molecule has 0 aromatic carbocycles. The van der Waals surface area contributed by atoms with Crippen molar-refractivity contribution in [3.63, 3.8) is 0 Å². The number of halogens is 1. The second-order valence-corrected chi connectivity index (χ2v) is 8.00. The first-order valence-corrected chi connectivity index (χ1v) is 10.3. The van der Waals surface area contributed by atoms with Crippen molar-refractivity contribution in [1.82, 2.24) is 25.4 Å². The number of aryl methyl sites for hydroxylation is 2. The van der Waals surface area contributed by atoms with Crippen molar-refractivity contribution in [1.29, 1.82) is 0 Å². The Bertz CT molecular complexity index is 548. The maximum Gasteiger partial charge on any atom is 0.191 e. The smallest absolute Gasteiger partial charge is 0.191 e. The number of nitrogens with one attached hydrogen (secondary N) is 2. The molecule has 1 saturated heterocycles. The van der Waals surface area contributed by atoms with Crippen LogP contribution in [0.1, 0.15) is 35.3 Å². The Labute approximate surface area is 179 Å². The summed E-state index contributed by atoms with van der Waals surface area (Å²) in [5.41, 5.74) is 1.10. The lowest BCUT2D eigenvalue weighted by Gasteiger charge is -2.20. The molecule has 0 unspecified atom stereocenters. The zero-order valence-electron chi connectivity index (χ0n) is 16.7. The lowest BCUT2D eigenvalue weighted by molar-refractivity contribution is 0.274. The van der Waals surface area contributed by atoms with Crippen molar-refractivity contribution in [3.05, 3.63) is 15.6 Å². The van der Waals surface area contributed by atoms with E-state index in [4.69, 9.17) is 4.99 Å². The van der Waals surface area contributed by atoms with E-state index in [9.17, 15) is 0 Å². The van der Waals surface area contributed by atoms with Gasteiger partial charge in [0.1, 0.15) is 0 Å². The summed E-state index contributed by atoms with van der Waals surface area (Å²) in [6.07, 6.45) is 2.43. The van der Waals surface area contributed by atoms with Gasteiger partial charge in [0.05, 0.1) is 17.2 Å². The highest BCUT2D eigenvalue weighted by Crippen LogP contribution is 2.17. The largest absolute Gasteiger partial charge is 0.357 e. The fourth-order valence-electron chi connectivity index (χ4n) is 3.05. The summed E-state index contributed by atoms with van der Waals surface area (Å²) in [7, 11) is 2.22. The van der Waals surface area contributed by atoms with Crippen LogP contribution in [0.5, 0.6) is 0 Å². The number of aromatic nitrogens is 1. The molecule has 0 spiro atoms. The quantitative estimate of drug-likeness (QED) is 0.264. The van der Waals surface area contributed by atoms with E-state index in [0.717, 1.165) is 42.7 Å². The van der Waals surface area contributed by atoms with Crippen molar-refractivity contribution in [2.45, 2.75) is 40.2 Å². The minimum absolute atomic E-state index is 0. The van der Waals surface area contributed by atoms with Gasteiger partial charge in [0.2, 0.25) is 0 Å². The van der Waals surface area contributed by atoms with Crippen LogP contribution in [0.3, 0.4) is 0 Å². The van der Waals surface area contributed by atoms with Crippen LogP contribution in [0.25, 0.3) is 0 Å². The van der Waals surface area contributed by atoms with E-state index < -0.39 is 0 Å². The lowest BCUT2D eigenvalue weighted by Crippen LogP contribution is -2.39. The molecule has 8 heteroatoms. The van der Waals surface area contributed by atoms with E-state index in [1.165, 1.54) is 37.5 Å². The van der Waals surface area contributed by atoms with Crippen molar-refractivity contribution in [2.75, 3.05) is 52.9 Å². The van der Waals surface area contributed by atoms with Gasteiger partial charge in [0, 0.05) is 31.1 Å². The van der Waals surface area contributed by atoms with Crippen LogP contribution >= 0.6 is 35.3 Å². The number of likely N-dealkylation sites (N-methyl/N-ethyl adjacent to an activating group) is 1. The minimum Gasteiger partial charge on any atom is -0.357 e. The molecule has 2 heterocycles. The molecule has 0 bridgehead atoms. The number of thiazole rings is 1. The Morgan fingerprint density at radius 3 is 2.69 bits per heavy atom. The van der Waals surface area contributed by atoms with Crippen molar-refractivity contribution < 1.29 is 0 Å². The van der Waals surface area contributed by atoms with Gasteiger partial charge in [-0.05, 0) is 60.3 Å². The highest BCUT2D eigenvalue weighted by Gasteiger charge is 2.11. The molecule has 1 aliphatic heterocycles. The Balaban J connectivity index is 0.00000338. The maximum absolute atomic E-state index is 4.71. The summed E-state index contributed by atoms with van der Waals surface area (Å²) >= 11 is 1.74. The number of nitrogens with zero attached hydrogens (tertiary/aromatic N) is 4. The molecule has 1 aromatic rings. The van der Waals surface area contributed by atoms with Crippen LogP contribution in [0.4, 0.5) is 0 Å². The third-order valence-electron chi connectivity index (χ3n) is 4.48. The maximum atomic E-state index is 4.71. The van der Waals surface area contributed by atoms with E-state index >= 15 is 0 Å². The SMILES string of the molecule is CCNC(=NCc1sc(C)nc1C)NCCCN1CCCN(C)CC1.I. The standard InChI is InChI=1S/C18H34N6S.HI/c1-5-19-18(21-14-17-15(2)22-16(3)25-17)20-8-6-10-24-11-7-9-23(4)12-13-24;/h5-14H2,1-4H3,(H2,19,20,21);1H. The fraction of sp³-hybridized carbons (Fsp3) is 0.778. The van der Waals surface area contributed by atoms with E-state index in [0.29, 0.717) is 6.54 Å². The number of guanidine groups is 1. The minimum atomic E-state index is 0. The highest BCUT2D eigenvalue weighted by atomic mass is 127. The number of hydrogen-bond acceptors (Lipinski definition) is 5. The number of aliphatic imine (C=N–C) groups is 1. The molecule has 6 nitrogen and oxygen atoms in total. The zero-order valence-corrected chi connectivity index (χ0v) is 19.8. The summed E-state index contributed by atoms with van der Waals surface area (Å²) in [6.45, 7) is 14.7. The second kappa shape index (κ2) is 12.9. The summed E-state index contributed by atoms with van der Waals surface area (Å²) in [5, 5.41) is 7.92. The topological polar surface area (TPSA) is 55.8 Å². The predicted molar refractivity (Wildman–Crippen MR) is 123 cm³/mol. The summed E-state index contributed by atoms with van der Waals surface area (Å²) in [5.74, 6) is 0.906. The van der Waals surface area contributed by atoms with Crippen LogP contribution in [0.15, 0.2) is 4.99 Å². The summed E-state index contributed by atoms with van der Waals surface area (Å²) < 4.78 is 0. The van der Waals surface area contributed by atoms with E-state index in [1.54, 1.807) is 11.3 Å². The highest BCUT2D eigenvalue weighted by molar-refractivity contribution is 14.0. The predicted octanol–water partition coefficient (Wildman–Crippen LogP) is 2.46. The van der Waals surface area contributed by atoms with Gasteiger partial charge in [-0.2, -0.15) is 0 Å². The van der Waals surface area contributed by atoms with Crippen molar-refractivity contribution in [2.24, 2.45) is 4.99 Å². The fourth-order valence-corrected chi connectivity index (χ4v) is 3.91. The normalized spacial score (nSPS) is 16.8. The van der Waals surface area contributed by atoms with Crippen LogP contribution in [-0.4, -0.2) is 73.6 Å². The van der Waals surface area contributed by atoms with E-state index in [-0.39, 0.29) is 24.0 Å². The van der Waals surface area contributed by atoms with Crippen LogP contribution < -0.4 is 10.6 Å². The molecule has 0 amide bonds. The zero-order chi connectivity index (χ0) is 18.1. The Morgan fingerprint density at radius 1 is 1.19 bits per heavy atom.